The van der Waals surface area contributed by atoms with Crippen LogP contribution in [0.25, 0.3) is 10.1 Å². The molecule has 0 radical (unpaired) electrons. The van der Waals surface area contributed by atoms with E-state index in [4.69, 9.17) is 0 Å². The van der Waals surface area contributed by atoms with Gasteiger partial charge in [0, 0.05) is 11.8 Å². The number of rotatable bonds is 3. The Kier molecular flexibility index (Phi) is 2.59. The molecule has 0 atom stereocenters. The van der Waals surface area contributed by atoms with E-state index in [1.165, 1.54) is 27.2 Å². The van der Waals surface area contributed by atoms with E-state index in [0.717, 1.165) is 18.4 Å². The number of hydrogen-bond donors (Lipinski definition) is 0. The van der Waals surface area contributed by atoms with E-state index in [9.17, 15) is 4.79 Å². The molecule has 72 valence electrons. The van der Waals surface area contributed by atoms with Gasteiger partial charge in [-0.3, -0.25) is 0 Å². The Balaban J connectivity index is 2.39. The van der Waals surface area contributed by atoms with Crippen molar-refractivity contribution in [2.24, 2.45) is 0 Å². The molecule has 2 rings (SSSR count). The molecule has 3 heteroatoms. The summed E-state index contributed by atoms with van der Waals surface area (Å²) in [6.07, 6.45) is 2.39. The van der Waals surface area contributed by atoms with Crippen molar-refractivity contribution in [3.8, 4) is 0 Å². The number of carbonyl (C=O) groups excluding carboxylic acids is 1. The van der Waals surface area contributed by atoms with Gasteiger partial charge in [0.25, 0.3) is 0 Å². The summed E-state index contributed by atoms with van der Waals surface area (Å²) in [5.74, 6) is 0. The Hall–Kier alpha value is -1.22. The van der Waals surface area contributed by atoms with E-state index in [2.05, 4.69) is 22.6 Å². The zero-order valence-electron chi connectivity index (χ0n) is 7.99. The SMILES string of the molecule is Cc1nsc2ccc(CCC=O)cc12. The van der Waals surface area contributed by atoms with Gasteiger partial charge in [0.1, 0.15) is 6.29 Å². The molecule has 0 aliphatic heterocycles. The van der Waals surface area contributed by atoms with Crippen LogP contribution in [-0.2, 0) is 11.2 Å². The summed E-state index contributed by atoms with van der Waals surface area (Å²) in [6.45, 7) is 2.02. The second-order valence-corrected chi connectivity index (χ2v) is 4.11. The van der Waals surface area contributed by atoms with Gasteiger partial charge >= 0.3 is 0 Å². The highest BCUT2D eigenvalue weighted by Gasteiger charge is 2.02. The number of nitrogens with zero attached hydrogens (tertiary/aromatic N) is 1. The first-order chi connectivity index (χ1) is 6.81. The summed E-state index contributed by atoms with van der Waals surface area (Å²) in [5, 5.41) is 1.22. The standard InChI is InChI=1S/C11H11NOS/c1-8-10-7-9(3-2-6-13)4-5-11(10)14-12-8/h4-7H,2-3H2,1H3. The third-order valence-electron chi connectivity index (χ3n) is 2.27. The minimum atomic E-state index is 0.599. The van der Waals surface area contributed by atoms with Crippen molar-refractivity contribution >= 4 is 27.9 Å². The first kappa shape index (κ1) is 9.34. The number of carbonyl (C=O) groups is 1. The lowest BCUT2D eigenvalue weighted by Crippen LogP contribution is -1.85. The highest BCUT2D eigenvalue weighted by atomic mass is 32.1. The van der Waals surface area contributed by atoms with Crippen LogP contribution in [0.5, 0.6) is 0 Å². The highest BCUT2D eigenvalue weighted by Crippen LogP contribution is 2.23. The number of aldehydes is 1. The number of aryl methyl sites for hydroxylation is 2. The van der Waals surface area contributed by atoms with Crippen LogP contribution in [-0.4, -0.2) is 10.7 Å². The molecule has 0 bridgehead atoms. The van der Waals surface area contributed by atoms with Gasteiger partial charge in [-0.25, -0.2) is 0 Å². The maximum Gasteiger partial charge on any atom is 0.120 e. The Morgan fingerprint density at radius 3 is 3.14 bits per heavy atom. The lowest BCUT2D eigenvalue weighted by molar-refractivity contribution is -0.107. The maximum absolute atomic E-state index is 10.2. The zero-order valence-corrected chi connectivity index (χ0v) is 8.80. The fourth-order valence-corrected chi connectivity index (χ4v) is 2.25. The highest BCUT2D eigenvalue weighted by molar-refractivity contribution is 7.13. The molecule has 0 aliphatic carbocycles. The lowest BCUT2D eigenvalue weighted by atomic mass is 10.1. The molecule has 0 fully saturated rings. The van der Waals surface area contributed by atoms with E-state index in [-0.39, 0.29) is 0 Å². The summed E-state index contributed by atoms with van der Waals surface area (Å²) in [4.78, 5) is 10.2. The van der Waals surface area contributed by atoms with E-state index < -0.39 is 0 Å². The summed E-state index contributed by atoms with van der Waals surface area (Å²) >= 11 is 1.53. The van der Waals surface area contributed by atoms with Crippen LogP contribution in [0.4, 0.5) is 0 Å². The molecule has 2 aromatic rings. The largest absolute Gasteiger partial charge is 0.303 e. The predicted octanol–water partition coefficient (Wildman–Crippen LogP) is 2.74. The molecule has 0 aliphatic rings. The molecule has 1 heterocycles. The van der Waals surface area contributed by atoms with Gasteiger partial charge in [0.05, 0.1) is 10.4 Å². The van der Waals surface area contributed by atoms with Gasteiger partial charge in [-0.1, -0.05) is 6.07 Å². The first-order valence-electron chi connectivity index (χ1n) is 4.60. The third kappa shape index (κ3) is 1.68. The molecule has 1 aromatic heterocycles. The quantitative estimate of drug-likeness (QED) is 0.721. The average Bonchev–Trinajstić information content (AvgIpc) is 2.57. The molecule has 0 unspecified atom stereocenters. The molecule has 0 saturated heterocycles. The Labute approximate surface area is 86.7 Å². The van der Waals surface area contributed by atoms with Gasteiger partial charge in [0.15, 0.2) is 0 Å². The molecule has 0 amide bonds. The van der Waals surface area contributed by atoms with Crippen molar-refractivity contribution in [2.45, 2.75) is 19.8 Å². The molecule has 0 saturated carbocycles. The van der Waals surface area contributed by atoms with Gasteiger partial charge in [-0.05, 0) is 42.6 Å². The van der Waals surface area contributed by atoms with Crippen LogP contribution in [0.3, 0.4) is 0 Å². The van der Waals surface area contributed by atoms with Crippen LogP contribution in [0.2, 0.25) is 0 Å². The molecule has 0 N–H and O–H groups in total. The van der Waals surface area contributed by atoms with Crippen LogP contribution in [0.1, 0.15) is 17.7 Å². The van der Waals surface area contributed by atoms with Crippen molar-refractivity contribution in [1.29, 1.82) is 0 Å². The number of aromatic nitrogens is 1. The van der Waals surface area contributed by atoms with Gasteiger partial charge in [-0.2, -0.15) is 4.37 Å². The van der Waals surface area contributed by atoms with E-state index in [0.29, 0.717) is 6.42 Å². The minimum absolute atomic E-state index is 0.599. The van der Waals surface area contributed by atoms with Crippen molar-refractivity contribution in [3.63, 3.8) is 0 Å². The molecular formula is C11H11NOS. The predicted molar refractivity (Wildman–Crippen MR) is 58.7 cm³/mol. The van der Waals surface area contributed by atoms with Crippen molar-refractivity contribution in [3.05, 3.63) is 29.5 Å². The third-order valence-corrected chi connectivity index (χ3v) is 3.18. The van der Waals surface area contributed by atoms with Crippen molar-refractivity contribution < 1.29 is 4.79 Å². The zero-order chi connectivity index (χ0) is 9.97. The van der Waals surface area contributed by atoms with Crippen LogP contribution in [0, 0.1) is 6.92 Å². The minimum Gasteiger partial charge on any atom is -0.303 e. The second-order valence-electron chi connectivity index (χ2n) is 3.30. The summed E-state index contributed by atoms with van der Waals surface area (Å²) in [6, 6.07) is 6.29. The number of hydrogen-bond acceptors (Lipinski definition) is 3. The summed E-state index contributed by atoms with van der Waals surface area (Å²) in [7, 11) is 0. The maximum atomic E-state index is 10.2. The normalized spacial score (nSPS) is 10.6. The van der Waals surface area contributed by atoms with Gasteiger partial charge in [0.2, 0.25) is 0 Å². The lowest BCUT2D eigenvalue weighted by Gasteiger charge is -1.97. The molecule has 2 nitrogen and oxygen atoms in total. The monoisotopic (exact) mass is 205 g/mol. The van der Waals surface area contributed by atoms with Crippen LogP contribution >= 0.6 is 11.5 Å². The van der Waals surface area contributed by atoms with Gasteiger partial charge in [-0.15, -0.1) is 0 Å². The average molecular weight is 205 g/mol. The molecule has 14 heavy (non-hydrogen) atoms. The van der Waals surface area contributed by atoms with Gasteiger partial charge < -0.3 is 4.79 Å². The van der Waals surface area contributed by atoms with E-state index >= 15 is 0 Å². The Bertz CT molecular complexity index is 461. The smallest absolute Gasteiger partial charge is 0.120 e. The molecular weight excluding hydrogens is 194 g/mol. The number of benzene rings is 1. The fourth-order valence-electron chi connectivity index (χ4n) is 1.49. The van der Waals surface area contributed by atoms with E-state index in [1.54, 1.807) is 0 Å². The van der Waals surface area contributed by atoms with Crippen LogP contribution in [0.15, 0.2) is 18.2 Å². The second kappa shape index (κ2) is 3.88. The summed E-state index contributed by atoms with van der Waals surface area (Å²) < 4.78 is 5.51. The summed E-state index contributed by atoms with van der Waals surface area (Å²) in [5.41, 5.74) is 2.30. The Morgan fingerprint density at radius 1 is 1.50 bits per heavy atom. The first-order valence-corrected chi connectivity index (χ1v) is 5.37. The molecule has 1 aromatic carbocycles. The number of fused-ring (bicyclic) bond motifs is 1. The van der Waals surface area contributed by atoms with Crippen molar-refractivity contribution in [1.82, 2.24) is 4.37 Å². The van der Waals surface area contributed by atoms with Crippen molar-refractivity contribution in [2.75, 3.05) is 0 Å². The van der Waals surface area contributed by atoms with E-state index in [1.807, 2.05) is 6.92 Å². The Morgan fingerprint density at radius 2 is 2.36 bits per heavy atom. The topological polar surface area (TPSA) is 30.0 Å². The van der Waals surface area contributed by atoms with Crippen LogP contribution < -0.4 is 0 Å². The molecule has 0 spiro atoms. The fraction of sp³-hybridized carbons (Fsp3) is 0.273.